The number of rotatable bonds is 5. The smallest absolute Gasteiger partial charge is 0.311 e. The molecule has 2 aliphatic rings. The van der Waals surface area contributed by atoms with Gasteiger partial charge in [-0.1, -0.05) is 19.3 Å². The number of hydrogen-bond acceptors (Lipinski definition) is 5. The van der Waals surface area contributed by atoms with Crippen molar-refractivity contribution in [2.75, 3.05) is 25.0 Å². The molecule has 0 spiro atoms. The molecule has 0 bridgehead atoms. The number of anilines is 1. The summed E-state index contributed by atoms with van der Waals surface area (Å²) in [6.45, 7) is 3.39. The van der Waals surface area contributed by atoms with Crippen LogP contribution in [0.15, 0.2) is 18.3 Å². The van der Waals surface area contributed by atoms with Crippen molar-refractivity contribution in [1.29, 1.82) is 0 Å². The van der Waals surface area contributed by atoms with Crippen molar-refractivity contribution in [2.24, 2.45) is 5.92 Å². The van der Waals surface area contributed by atoms with E-state index in [0.29, 0.717) is 5.82 Å². The summed E-state index contributed by atoms with van der Waals surface area (Å²) in [5.74, 6) is 1.29. The Morgan fingerprint density at radius 1 is 1.22 bits per heavy atom. The molecule has 3 rings (SSSR count). The second-order valence-corrected chi connectivity index (χ2v) is 6.85. The first-order valence-electron chi connectivity index (χ1n) is 8.80. The molecule has 1 aromatic heterocycles. The molecule has 1 aliphatic heterocycles. The minimum Gasteiger partial charge on any atom is -0.362 e. The van der Waals surface area contributed by atoms with E-state index in [2.05, 4.69) is 15.2 Å². The third kappa shape index (κ3) is 4.41. The SMILES string of the molecule is O=[N+]([O-])c1cccnc1NC1CCN(CC2CCCCC2)CC1. The number of nitrogens with zero attached hydrogens (tertiary/aromatic N) is 3. The second-order valence-electron chi connectivity index (χ2n) is 6.85. The Labute approximate surface area is 137 Å². The van der Waals surface area contributed by atoms with Crippen LogP contribution in [0.3, 0.4) is 0 Å². The molecule has 1 aliphatic carbocycles. The molecule has 0 radical (unpaired) electrons. The van der Waals surface area contributed by atoms with Gasteiger partial charge in [0.15, 0.2) is 0 Å². The first kappa shape index (κ1) is 16.2. The fraction of sp³-hybridized carbons (Fsp3) is 0.706. The van der Waals surface area contributed by atoms with Gasteiger partial charge in [-0.2, -0.15) is 0 Å². The molecule has 6 nitrogen and oxygen atoms in total. The lowest BCUT2D eigenvalue weighted by Crippen LogP contribution is -2.41. The number of hydrogen-bond donors (Lipinski definition) is 1. The Kier molecular flexibility index (Phi) is 5.43. The van der Waals surface area contributed by atoms with Crippen molar-refractivity contribution in [1.82, 2.24) is 9.88 Å². The molecule has 2 heterocycles. The molecule has 0 amide bonds. The van der Waals surface area contributed by atoms with Crippen molar-refractivity contribution in [3.8, 4) is 0 Å². The van der Waals surface area contributed by atoms with Crippen LogP contribution in [0.1, 0.15) is 44.9 Å². The monoisotopic (exact) mass is 318 g/mol. The molecule has 126 valence electrons. The standard InChI is InChI=1S/C17H26N4O2/c22-21(23)16-7-4-10-18-17(16)19-15-8-11-20(12-9-15)13-14-5-2-1-3-6-14/h4,7,10,14-15H,1-3,5-6,8-9,11-13H2,(H,18,19). The van der Waals surface area contributed by atoms with Gasteiger partial charge in [0.05, 0.1) is 4.92 Å². The van der Waals surface area contributed by atoms with Gasteiger partial charge in [-0.25, -0.2) is 4.98 Å². The van der Waals surface area contributed by atoms with Crippen LogP contribution < -0.4 is 5.32 Å². The van der Waals surface area contributed by atoms with Crippen LogP contribution in [-0.2, 0) is 0 Å². The van der Waals surface area contributed by atoms with E-state index in [-0.39, 0.29) is 16.7 Å². The number of pyridine rings is 1. The Morgan fingerprint density at radius 2 is 1.96 bits per heavy atom. The lowest BCUT2D eigenvalue weighted by atomic mass is 9.88. The molecule has 1 saturated heterocycles. The van der Waals surface area contributed by atoms with Gasteiger partial charge in [-0.05, 0) is 37.7 Å². The highest BCUT2D eigenvalue weighted by atomic mass is 16.6. The van der Waals surface area contributed by atoms with Crippen LogP contribution in [0.2, 0.25) is 0 Å². The van der Waals surface area contributed by atoms with Crippen LogP contribution in [0, 0.1) is 16.0 Å². The van der Waals surface area contributed by atoms with Crippen LogP contribution in [0.5, 0.6) is 0 Å². The molecule has 23 heavy (non-hydrogen) atoms. The molecule has 2 fully saturated rings. The molecule has 1 aromatic rings. The maximum Gasteiger partial charge on any atom is 0.311 e. The Bertz CT molecular complexity index is 523. The predicted octanol–water partition coefficient (Wildman–Crippen LogP) is 3.45. The Balaban J connectivity index is 1.48. The van der Waals surface area contributed by atoms with E-state index >= 15 is 0 Å². The van der Waals surface area contributed by atoms with Gasteiger partial charge in [0.1, 0.15) is 0 Å². The third-order valence-electron chi connectivity index (χ3n) is 5.15. The van der Waals surface area contributed by atoms with Crippen LogP contribution in [0.25, 0.3) is 0 Å². The van der Waals surface area contributed by atoms with Gasteiger partial charge in [0, 0.05) is 37.9 Å². The van der Waals surface area contributed by atoms with Gasteiger partial charge in [0.2, 0.25) is 5.82 Å². The number of aromatic nitrogens is 1. The Hall–Kier alpha value is -1.69. The van der Waals surface area contributed by atoms with Crippen molar-refractivity contribution in [3.63, 3.8) is 0 Å². The zero-order valence-electron chi connectivity index (χ0n) is 13.6. The summed E-state index contributed by atoms with van der Waals surface area (Å²) in [4.78, 5) is 17.4. The molecule has 6 heteroatoms. The quantitative estimate of drug-likeness (QED) is 0.665. The number of nitro groups is 1. The fourth-order valence-corrected chi connectivity index (χ4v) is 3.84. The first-order valence-corrected chi connectivity index (χ1v) is 8.80. The van der Waals surface area contributed by atoms with Crippen molar-refractivity contribution in [3.05, 3.63) is 28.4 Å². The Morgan fingerprint density at radius 3 is 2.65 bits per heavy atom. The van der Waals surface area contributed by atoms with Crippen molar-refractivity contribution >= 4 is 11.5 Å². The highest BCUT2D eigenvalue weighted by molar-refractivity contribution is 5.55. The number of likely N-dealkylation sites (tertiary alicyclic amines) is 1. The topological polar surface area (TPSA) is 71.3 Å². The van der Waals surface area contributed by atoms with E-state index in [1.165, 1.54) is 44.7 Å². The second kappa shape index (κ2) is 7.73. The van der Waals surface area contributed by atoms with Gasteiger partial charge < -0.3 is 10.2 Å². The van der Waals surface area contributed by atoms with Gasteiger partial charge in [-0.15, -0.1) is 0 Å². The van der Waals surface area contributed by atoms with Crippen LogP contribution in [0.4, 0.5) is 11.5 Å². The molecule has 1 N–H and O–H groups in total. The van der Waals surface area contributed by atoms with Crippen molar-refractivity contribution in [2.45, 2.75) is 51.0 Å². The van der Waals surface area contributed by atoms with Crippen molar-refractivity contribution < 1.29 is 4.92 Å². The van der Waals surface area contributed by atoms with Gasteiger partial charge in [0.25, 0.3) is 0 Å². The predicted molar refractivity (Wildman–Crippen MR) is 90.6 cm³/mol. The molecular weight excluding hydrogens is 292 g/mol. The normalized spacial score (nSPS) is 21.2. The summed E-state index contributed by atoms with van der Waals surface area (Å²) in [5.41, 5.74) is 0.0668. The minimum absolute atomic E-state index is 0.0668. The van der Waals surface area contributed by atoms with E-state index in [0.717, 1.165) is 31.8 Å². The highest BCUT2D eigenvalue weighted by Gasteiger charge is 2.24. The largest absolute Gasteiger partial charge is 0.362 e. The number of nitrogens with one attached hydrogen (secondary N) is 1. The molecule has 0 atom stereocenters. The molecule has 0 aromatic carbocycles. The zero-order chi connectivity index (χ0) is 16.1. The molecule has 0 unspecified atom stereocenters. The lowest BCUT2D eigenvalue weighted by Gasteiger charge is -2.35. The fourth-order valence-electron chi connectivity index (χ4n) is 3.84. The van der Waals surface area contributed by atoms with E-state index in [9.17, 15) is 10.1 Å². The maximum atomic E-state index is 11.1. The molecule has 1 saturated carbocycles. The third-order valence-corrected chi connectivity index (χ3v) is 5.15. The highest BCUT2D eigenvalue weighted by Crippen LogP contribution is 2.27. The lowest BCUT2D eigenvalue weighted by molar-refractivity contribution is -0.384. The van der Waals surface area contributed by atoms with Crippen LogP contribution >= 0.6 is 0 Å². The summed E-state index contributed by atoms with van der Waals surface area (Å²) < 4.78 is 0. The average molecular weight is 318 g/mol. The first-order chi connectivity index (χ1) is 11.2. The summed E-state index contributed by atoms with van der Waals surface area (Å²) in [6, 6.07) is 3.40. The summed E-state index contributed by atoms with van der Waals surface area (Å²) in [6.07, 6.45) is 10.6. The summed E-state index contributed by atoms with van der Waals surface area (Å²) in [5, 5.41) is 14.3. The van der Waals surface area contributed by atoms with E-state index in [1.807, 2.05) is 0 Å². The van der Waals surface area contributed by atoms with Crippen LogP contribution in [-0.4, -0.2) is 40.5 Å². The maximum absolute atomic E-state index is 11.1. The van der Waals surface area contributed by atoms with E-state index < -0.39 is 0 Å². The zero-order valence-corrected chi connectivity index (χ0v) is 13.6. The average Bonchev–Trinajstić information content (AvgIpc) is 2.58. The van der Waals surface area contributed by atoms with E-state index in [4.69, 9.17) is 0 Å². The van der Waals surface area contributed by atoms with Gasteiger partial charge in [-0.3, -0.25) is 10.1 Å². The van der Waals surface area contributed by atoms with Gasteiger partial charge >= 0.3 is 5.69 Å². The number of piperidine rings is 1. The summed E-state index contributed by atoms with van der Waals surface area (Å²) in [7, 11) is 0. The molecular formula is C17H26N4O2. The summed E-state index contributed by atoms with van der Waals surface area (Å²) >= 11 is 0. The van der Waals surface area contributed by atoms with E-state index in [1.54, 1.807) is 12.3 Å². The minimum atomic E-state index is -0.368.